The largest absolute Gasteiger partial charge is 0.510 e. The van der Waals surface area contributed by atoms with Gasteiger partial charge in [0.05, 0.1) is 16.7 Å². The first-order valence-corrected chi connectivity index (χ1v) is 28.5. The minimum Gasteiger partial charge on any atom is -0.510 e. The van der Waals surface area contributed by atoms with Gasteiger partial charge in [-0.05, 0) is 173 Å². The first kappa shape index (κ1) is 52.1. The van der Waals surface area contributed by atoms with Crippen molar-refractivity contribution in [1.29, 1.82) is 0 Å². The van der Waals surface area contributed by atoms with E-state index in [1.807, 2.05) is 24.4 Å². The van der Waals surface area contributed by atoms with Crippen LogP contribution in [0, 0.1) is 18.5 Å². The van der Waals surface area contributed by atoms with Gasteiger partial charge in [0, 0.05) is 49.8 Å². The van der Waals surface area contributed by atoms with Gasteiger partial charge in [0.15, 0.2) is 0 Å². The number of rotatable bonds is 5. The number of ether oxygens (including phenoxy) is 1. The molecular formula is C74H68N4OPt-2. The number of fused-ring (bicyclic) bond motifs is 14. The molecule has 402 valence electrons. The average molecular weight is 1220 g/mol. The molecule has 3 aliphatic carbocycles. The molecule has 0 radical (unpaired) electrons. The Hall–Kier alpha value is -7.33. The molecule has 14 rings (SSSR count). The summed E-state index contributed by atoms with van der Waals surface area (Å²) in [6.07, 6.45) is 10.4. The summed E-state index contributed by atoms with van der Waals surface area (Å²) in [5, 5.41) is 2.23. The first-order chi connectivity index (χ1) is 37.8. The predicted octanol–water partition coefficient (Wildman–Crippen LogP) is 18.6. The number of imidazole rings is 1. The van der Waals surface area contributed by atoms with Gasteiger partial charge in [0.25, 0.3) is 6.33 Å². The molecule has 0 saturated carbocycles. The molecule has 0 unspecified atom stereocenters. The minimum absolute atomic E-state index is 0. The maximum atomic E-state index is 6.77. The van der Waals surface area contributed by atoms with Crippen LogP contribution in [0.4, 0.5) is 0 Å². The molecular weight excluding hydrogens is 1160 g/mol. The van der Waals surface area contributed by atoms with E-state index in [0.29, 0.717) is 11.5 Å². The third-order valence-corrected chi connectivity index (χ3v) is 18.5. The number of aromatic nitrogens is 4. The smallest absolute Gasteiger partial charge is 0.268 e. The summed E-state index contributed by atoms with van der Waals surface area (Å²) in [4.78, 5) is 4.90. The third kappa shape index (κ3) is 8.19. The van der Waals surface area contributed by atoms with Crippen LogP contribution in [0.2, 0.25) is 0 Å². The predicted molar refractivity (Wildman–Crippen MR) is 325 cm³/mol. The second kappa shape index (κ2) is 18.3. The molecule has 0 fully saturated rings. The summed E-state index contributed by atoms with van der Waals surface area (Å²) in [5.41, 5.74) is 23.2. The SMILES string of the molecule is CC(C)(C)c1ccnc(-n2c3[c-]c(Oc4[c-]c(-n5[c-][n+](-c6cccc7c6-c6cc8c(cc6-c6cc9c(cc6-c6ccccc6-7)C(C)(C)CCC9(C)C)C(C)(C)CCC8(C)C)c6ccccc65)ccc4)ccc3c3ccccc32)c1.[Pt]. The van der Waals surface area contributed by atoms with Gasteiger partial charge in [0.1, 0.15) is 5.82 Å². The number of nitrogens with zero attached hydrogens (tertiary/aromatic N) is 4. The van der Waals surface area contributed by atoms with Gasteiger partial charge < -0.3 is 13.9 Å². The normalized spacial score (nSPS) is 16.3. The fourth-order valence-corrected chi connectivity index (χ4v) is 13.6. The zero-order chi connectivity index (χ0) is 54.5. The van der Waals surface area contributed by atoms with Crippen LogP contribution < -0.4 is 9.30 Å². The number of benzene rings is 8. The molecule has 0 atom stereocenters. The first-order valence-electron chi connectivity index (χ1n) is 28.5. The Morgan fingerprint density at radius 3 is 1.70 bits per heavy atom. The molecule has 0 amide bonds. The van der Waals surface area contributed by atoms with Crippen molar-refractivity contribution >= 4 is 32.8 Å². The van der Waals surface area contributed by atoms with Crippen molar-refractivity contribution in [2.24, 2.45) is 0 Å². The molecule has 6 heteroatoms. The standard InChI is InChI=1S/C74H68N4O.Pt/c1-70(2,3)46-32-37-75-68(38-46)78-63-26-15-14-24-52(63)53-31-30-49(40-67(53)78)79-48-21-18-20-47(39-48)76-45-77(65-28-17-16-27-64(65)76)66-29-19-25-54-50-22-12-13-23-51(50)55-41-59-60(72(6,7)34-33-71(59,4)5)42-56(55)57-43-61-62(44-58(57)69(54)66)74(10,11)36-35-73(61,8)9;/h12-32,37-38,41-44H,33-36H2,1-11H3;/q-2;. The van der Waals surface area contributed by atoms with Crippen LogP contribution in [0.3, 0.4) is 0 Å². The molecule has 0 spiro atoms. The Labute approximate surface area is 486 Å². The van der Waals surface area contributed by atoms with Crippen LogP contribution in [-0.2, 0) is 48.1 Å². The van der Waals surface area contributed by atoms with E-state index in [0.717, 1.165) is 75.7 Å². The number of para-hydroxylation sites is 3. The van der Waals surface area contributed by atoms with Crippen molar-refractivity contribution in [3.63, 3.8) is 0 Å². The van der Waals surface area contributed by atoms with E-state index >= 15 is 0 Å². The van der Waals surface area contributed by atoms with Gasteiger partial charge in [-0.1, -0.05) is 167 Å². The van der Waals surface area contributed by atoms with Crippen molar-refractivity contribution in [3.8, 4) is 73.2 Å². The molecule has 3 heterocycles. The van der Waals surface area contributed by atoms with E-state index in [-0.39, 0.29) is 48.1 Å². The quantitative estimate of drug-likeness (QED) is 0.127. The second-order valence-electron chi connectivity index (χ2n) is 26.5. The summed E-state index contributed by atoms with van der Waals surface area (Å²) in [7, 11) is 0. The molecule has 3 aromatic heterocycles. The third-order valence-electron chi connectivity index (χ3n) is 18.5. The summed E-state index contributed by atoms with van der Waals surface area (Å²) < 4.78 is 13.4. The van der Waals surface area contributed by atoms with E-state index < -0.39 is 0 Å². The number of hydrogen-bond acceptors (Lipinski definition) is 2. The molecule has 5 nitrogen and oxygen atoms in total. The summed E-state index contributed by atoms with van der Waals surface area (Å²) in [5.74, 6) is 2.03. The van der Waals surface area contributed by atoms with Crippen LogP contribution in [0.1, 0.15) is 130 Å². The molecule has 11 aromatic rings. The van der Waals surface area contributed by atoms with Crippen molar-refractivity contribution in [2.75, 3.05) is 0 Å². The van der Waals surface area contributed by atoms with Gasteiger partial charge in [0.2, 0.25) is 0 Å². The summed E-state index contributed by atoms with van der Waals surface area (Å²) in [6, 6.07) is 65.6. The van der Waals surface area contributed by atoms with E-state index in [4.69, 9.17) is 9.72 Å². The fourth-order valence-electron chi connectivity index (χ4n) is 13.6. The Morgan fingerprint density at radius 1 is 0.500 bits per heavy atom. The Balaban J connectivity index is 0.00000605. The maximum absolute atomic E-state index is 6.77. The van der Waals surface area contributed by atoms with Crippen molar-refractivity contribution < 1.29 is 30.4 Å². The molecule has 0 aliphatic heterocycles. The van der Waals surface area contributed by atoms with Crippen molar-refractivity contribution in [1.82, 2.24) is 14.1 Å². The van der Waals surface area contributed by atoms with Crippen LogP contribution in [0.15, 0.2) is 164 Å². The van der Waals surface area contributed by atoms with Crippen molar-refractivity contribution in [2.45, 2.75) is 129 Å². The Morgan fingerprint density at radius 2 is 1.04 bits per heavy atom. The summed E-state index contributed by atoms with van der Waals surface area (Å²) >= 11 is 0. The monoisotopic (exact) mass is 1220 g/mol. The van der Waals surface area contributed by atoms with Crippen LogP contribution >= 0.6 is 0 Å². The van der Waals surface area contributed by atoms with Gasteiger partial charge >= 0.3 is 0 Å². The van der Waals surface area contributed by atoms with E-state index in [1.54, 1.807) is 0 Å². The van der Waals surface area contributed by atoms with Crippen LogP contribution in [-0.4, -0.2) is 14.1 Å². The molecule has 0 saturated heterocycles. The molecule has 8 aromatic carbocycles. The van der Waals surface area contributed by atoms with Crippen LogP contribution in [0.5, 0.6) is 11.5 Å². The zero-order valence-corrected chi connectivity index (χ0v) is 50.2. The number of hydrogen-bond donors (Lipinski definition) is 0. The van der Waals surface area contributed by atoms with Crippen molar-refractivity contribution in [3.05, 3.63) is 210 Å². The van der Waals surface area contributed by atoms with Gasteiger partial charge in [-0.15, -0.1) is 29.7 Å². The second-order valence-corrected chi connectivity index (χ2v) is 26.5. The minimum atomic E-state index is -0.0367. The molecule has 80 heavy (non-hydrogen) atoms. The molecule has 0 bridgehead atoms. The van der Waals surface area contributed by atoms with Gasteiger partial charge in [-0.25, -0.2) is 4.98 Å². The van der Waals surface area contributed by atoms with E-state index in [9.17, 15) is 0 Å². The Bertz CT molecular complexity index is 4350. The topological polar surface area (TPSA) is 35.9 Å². The maximum Gasteiger partial charge on any atom is 0.268 e. The molecule has 3 aliphatic rings. The number of pyridine rings is 1. The van der Waals surface area contributed by atoms with Gasteiger partial charge in [-0.2, -0.15) is 18.2 Å². The Kier molecular flexibility index (Phi) is 11.9. The zero-order valence-electron chi connectivity index (χ0n) is 47.9. The van der Waals surface area contributed by atoms with E-state index in [1.165, 1.54) is 72.3 Å². The fraction of sp³-hybridized carbons (Fsp3) is 0.270. The van der Waals surface area contributed by atoms with Crippen LogP contribution in [0.25, 0.3) is 94.5 Å². The molecule has 0 N–H and O–H groups in total. The van der Waals surface area contributed by atoms with Gasteiger partial charge in [-0.3, -0.25) is 4.57 Å². The average Bonchev–Trinajstić information content (AvgIpc) is 2.66. The summed E-state index contributed by atoms with van der Waals surface area (Å²) in [6.45, 7) is 26.4. The van der Waals surface area contributed by atoms with E-state index in [2.05, 4.69) is 248 Å².